The van der Waals surface area contributed by atoms with Gasteiger partial charge in [-0.15, -0.1) is 0 Å². The number of methoxy groups -OCH3 is 1. The fourth-order valence-electron chi connectivity index (χ4n) is 1.93. The van der Waals surface area contributed by atoms with Crippen LogP contribution in [0.2, 0.25) is 0 Å². The van der Waals surface area contributed by atoms with E-state index in [1.54, 1.807) is 18.2 Å². The van der Waals surface area contributed by atoms with Gasteiger partial charge >= 0.3 is 0 Å². The Hall–Kier alpha value is -1.60. The number of rotatable bonds is 4. The second-order valence-electron chi connectivity index (χ2n) is 4.70. The van der Waals surface area contributed by atoms with Crippen LogP contribution in [0.25, 0.3) is 0 Å². The normalized spacial score (nSPS) is 11.3. The first kappa shape index (κ1) is 16.8. The summed E-state index contributed by atoms with van der Waals surface area (Å²) in [5.41, 5.74) is 1.40. The number of aryl methyl sites for hydroxylation is 1. The fraction of sp³-hybridized carbons (Fsp3) is 0.200. The van der Waals surface area contributed by atoms with E-state index < -0.39 is 15.8 Å². The van der Waals surface area contributed by atoms with Gasteiger partial charge in [-0.25, -0.2) is 12.8 Å². The molecule has 7 heteroatoms. The van der Waals surface area contributed by atoms with Crippen LogP contribution in [0, 0.1) is 12.7 Å². The Balaban J connectivity index is 2.44. The van der Waals surface area contributed by atoms with Crippen molar-refractivity contribution < 1.29 is 17.5 Å². The number of benzene rings is 2. The van der Waals surface area contributed by atoms with Crippen molar-refractivity contribution in [2.24, 2.45) is 0 Å². The standard InChI is InChI=1S/C15H15BrFNO3S/c1-10-8-11(4-6-13(10)16)18(2)22(19,20)12-5-7-15(21-3)14(17)9-12/h4-9H,1-3H3. The lowest BCUT2D eigenvalue weighted by atomic mass is 10.2. The highest BCUT2D eigenvalue weighted by molar-refractivity contribution is 9.10. The van der Waals surface area contributed by atoms with Gasteiger partial charge in [0.2, 0.25) is 0 Å². The minimum Gasteiger partial charge on any atom is -0.494 e. The summed E-state index contributed by atoms with van der Waals surface area (Å²) in [5.74, 6) is -0.718. The highest BCUT2D eigenvalue weighted by atomic mass is 79.9. The molecule has 0 fully saturated rings. The second kappa shape index (κ2) is 6.26. The van der Waals surface area contributed by atoms with E-state index in [4.69, 9.17) is 4.74 Å². The van der Waals surface area contributed by atoms with E-state index in [0.29, 0.717) is 5.69 Å². The van der Waals surface area contributed by atoms with E-state index in [1.165, 1.54) is 26.3 Å². The van der Waals surface area contributed by atoms with E-state index in [0.717, 1.165) is 20.4 Å². The average molecular weight is 388 g/mol. The van der Waals surface area contributed by atoms with Crippen LogP contribution in [0.15, 0.2) is 45.8 Å². The molecule has 0 amide bonds. The maximum absolute atomic E-state index is 13.7. The van der Waals surface area contributed by atoms with Crippen molar-refractivity contribution in [3.05, 3.63) is 52.3 Å². The van der Waals surface area contributed by atoms with E-state index >= 15 is 0 Å². The van der Waals surface area contributed by atoms with Gasteiger partial charge in [0, 0.05) is 11.5 Å². The molecule has 0 saturated carbocycles. The van der Waals surface area contributed by atoms with E-state index in [1.807, 2.05) is 6.92 Å². The smallest absolute Gasteiger partial charge is 0.264 e. The molecular weight excluding hydrogens is 373 g/mol. The first-order valence-electron chi connectivity index (χ1n) is 6.36. The quantitative estimate of drug-likeness (QED) is 0.802. The van der Waals surface area contributed by atoms with Crippen LogP contribution in [0.1, 0.15) is 5.56 Å². The summed E-state index contributed by atoms with van der Waals surface area (Å²) in [6.45, 7) is 1.86. The molecule has 0 saturated heterocycles. The zero-order valence-corrected chi connectivity index (χ0v) is 14.7. The van der Waals surface area contributed by atoms with Gasteiger partial charge in [-0.1, -0.05) is 15.9 Å². The molecule has 2 rings (SSSR count). The number of halogens is 2. The van der Waals surface area contributed by atoms with E-state index in [9.17, 15) is 12.8 Å². The van der Waals surface area contributed by atoms with Crippen LogP contribution in [-0.2, 0) is 10.0 Å². The molecule has 0 aliphatic rings. The van der Waals surface area contributed by atoms with E-state index in [-0.39, 0.29) is 10.6 Å². The summed E-state index contributed by atoms with van der Waals surface area (Å²) < 4.78 is 45.7. The Kier molecular flexibility index (Phi) is 4.77. The lowest BCUT2D eigenvalue weighted by Gasteiger charge is -2.20. The van der Waals surface area contributed by atoms with Crippen molar-refractivity contribution in [1.82, 2.24) is 0 Å². The molecule has 2 aromatic carbocycles. The van der Waals surface area contributed by atoms with Gasteiger partial charge in [0.15, 0.2) is 11.6 Å². The van der Waals surface area contributed by atoms with Crippen LogP contribution in [-0.4, -0.2) is 22.6 Å². The molecule has 0 N–H and O–H groups in total. The molecule has 0 radical (unpaired) electrons. The van der Waals surface area contributed by atoms with Crippen molar-refractivity contribution in [3.8, 4) is 5.75 Å². The second-order valence-corrected chi connectivity index (χ2v) is 7.53. The minimum atomic E-state index is -3.85. The largest absolute Gasteiger partial charge is 0.494 e. The average Bonchev–Trinajstić information content (AvgIpc) is 2.49. The van der Waals surface area contributed by atoms with Crippen molar-refractivity contribution in [2.45, 2.75) is 11.8 Å². The molecular formula is C15H15BrFNO3S. The van der Waals surface area contributed by atoms with Crippen LogP contribution in [0.5, 0.6) is 5.75 Å². The number of hydrogen-bond acceptors (Lipinski definition) is 3. The van der Waals surface area contributed by atoms with Gasteiger partial charge in [0.05, 0.1) is 17.7 Å². The maximum atomic E-state index is 13.7. The van der Waals surface area contributed by atoms with Gasteiger partial charge < -0.3 is 4.74 Å². The summed E-state index contributed by atoms with van der Waals surface area (Å²) in [4.78, 5) is -0.131. The lowest BCUT2D eigenvalue weighted by Crippen LogP contribution is -2.26. The molecule has 4 nitrogen and oxygen atoms in total. The van der Waals surface area contributed by atoms with Crippen LogP contribution in [0.3, 0.4) is 0 Å². The summed E-state index contributed by atoms with van der Waals surface area (Å²) in [7, 11) is -1.09. The number of ether oxygens (including phenoxy) is 1. The lowest BCUT2D eigenvalue weighted by molar-refractivity contribution is 0.385. The molecule has 0 heterocycles. The Bertz CT molecular complexity index is 808. The van der Waals surface area contributed by atoms with Crippen LogP contribution in [0.4, 0.5) is 10.1 Å². The summed E-state index contributed by atoms with van der Waals surface area (Å²) in [6, 6.07) is 8.75. The third kappa shape index (κ3) is 3.10. The Morgan fingerprint density at radius 3 is 2.41 bits per heavy atom. The molecule has 0 spiro atoms. The van der Waals surface area contributed by atoms with Crippen molar-refractivity contribution >= 4 is 31.6 Å². The van der Waals surface area contributed by atoms with Gasteiger partial charge in [0.1, 0.15) is 0 Å². The molecule has 0 unspecified atom stereocenters. The first-order valence-corrected chi connectivity index (χ1v) is 8.59. The zero-order valence-electron chi connectivity index (χ0n) is 12.3. The van der Waals surface area contributed by atoms with E-state index in [2.05, 4.69) is 15.9 Å². The SMILES string of the molecule is COc1ccc(S(=O)(=O)N(C)c2ccc(Br)c(C)c2)cc1F. The Morgan fingerprint density at radius 2 is 1.86 bits per heavy atom. The molecule has 0 aromatic heterocycles. The summed E-state index contributed by atoms with van der Waals surface area (Å²) in [6.07, 6.45) is 0. The first-order chi connectivity index (χ1) is 10.3. The summed E-state index contributed by atoms with van der Waals surface area (Å²) in [5, 5.41) is 0. The third-order valence-corrected chi connectivity index (χ3v) is 5.96. The van der Waals surface area contributed by atoms with Gasteiger partial charge in [0.25, 0.3) is 10.0 Å². The fourth-order valence-corrected chi connectivity index (χ4v) is 3.38. The highest BCUT2D eigenvalue weighted by Gasteiger charge is 2.23. The molecule has 2 aromatic rings. The van der Waals surface area contributed by atoms with Crippen molar-refractivity contribution in [1.29, 1.82) is 0 Å². The molecule has 22 heavy (non-hydrogen) atoms. The molecule has 0 aliphatic heterocycles. The molecule has 0 atom stereocenters. The summed E-state index contributed by atoms with van der Waals surface area (Å²) >= 11 is 3.37. The van der Waals surface area contributed by atoms with Crippen LogP contribution < -0.4 is 9.04 Å². The Morgan fingerprint density at radius 1 is 1.18 bits per heavy atom. The van der Waals surface area contributed by atoms with Gasteiger partial charge in [-0.3, -0.25) is 4.31 Å². The predicted octanol–water partition coefficient (Wildman–Crippen LogP) is 3.73. The monoisotopic (exact) mass is 387 g/mol. The van der Waals surface area contributed by atoms with Gasteiger partial charge in [-0.05, 0) is 48.9 Å². The molecule has 118 valence electrons. The number of hydrogen-bond donors (Lipinski definition) is 0. The van der Waals surface area contributed by atoms with Crippen LogP contribution >= 0.6 is 15.9 Å². The highest BCUT2D eigenvalue weighted by Crippen LogP contribution is 2.28. The molecule has 0 aliphatic carbocycles. The third-order valence-electron chi connectivity index (χ3n) is 3.29. The van der Waals surface area contributed by atoms with Crippen molar-refractivity contribution in [2.75, 3.05) is 18.5 Å². The number of sulfonamides is 1. The van der Waals surface area contributed by atoms with Crippen molar-refractivity contribution in [3.63, 3.8) is 0 Å². The molecule has 0 bridgehead atoms. The van der Waals surface area contributed by atoms with Gasteiger partial charge in [-0.2, -0.15) is 0 Å². The minimum absolute atomic E-state index is 0.00101. The Labute approximate surface area is 137 Å². The number of nitrogens with zero attached hydrogens (tertiary/aromatic N) is 1. The predicted molar refractivity (Wildman–Crippen MR) is 87.4 cm³/mol. The topological polar surface area (TPSA) is 46.6 Å². The maximum Gasteiger partial charge on any atom is 0.264 e. The zero-order chi connectivity index (χ0) is 16.5. The number of anilines is 1.